The highest BCUT2D eigenvalue weighted by molar-refractivity contribution is 5.81. The third-order valence-electron chi connectivity index (χ3n) is 2.75. The fraction of sp³-hybridized carbons (Fsp3) is 0.545. The van der Waals surface area contributed by atoms with Crippen LogP contribution in [0.1, 0.15) is 20.3 Å². The highest BCUT2D eigenvalue weighted by Gasteiger charge is 2.24. The SMILES string of the molecule is CC(C)C1=CCC2NCC(=O)NC2=C1. The van der Waals surface area contributed by atoms with E-state index in [0.29, 0.717) is 18.5 Å². The van der Waals surface area contributed by atoms with Crippen LogP contribution in [0.25, 0.3) is 0 Å². The number of nitrogens with one attached hydrogen (secondary N) is 2. The smallest absolute Gasteiger partial charge is 0.238 e. The Hall–Kier alpha value is -1.09. The molecule has 0 aromatic heterocycles. The quantitative estimate of drug-likeness (QED) is 0.649. The molecule has 3 heteroatoms. The molecule has 0 spiro atoms. The van der Waals surface area contributed by atoms with Gasteiger partial charge in [-0.3, -0.25) is 10.1 Å². The maximum Gasteiger partial charge on any atom is 0.238 e. The van der Waals surface area contributed by atoms with Gasteiger partial charge in [-0.1, -0.05) is 19.9 Å². The first-order valence-corrected chi connectivity index (χ1v) is 5.11. The summed E-state index contributed by atoms with van der Waals surface area (Å²) in [5, 5.41) is 6.13. The van der Waals surface area contributed by atoms with Gasteiger partial charge in [0.05, 0.1) is 12.6 Å². The third-order valence-corrected chi connectivity index (χ3v) is 2.75. The zero-order valence-electron chi connectivity index (χ0n) is 8.63. The number of carbonyl (C=O) groups excluding carboxylic acids is 1. The number of piperazine rings is 1. The molecule has 2 N–H and O–H groups in total. The summed E-state index contributed by atoms with van der Waals surface area (Å²) < 4.78 is 0. The lowest BCUT2D eigenvalue weighted by atomic mass is 9.92. The average molecular weight is 192 g/mol. The second-order valence-electron chi connectivity index (χ2n) is 4.18. The molecule has 0 radical (unpaired) electrons. The lowest BCUT2D eigenvalue weighted by Gasteiger charge is -2.30. The Morgan fingerprint density at radius 1 is 1.50 bits per heavy atom. The second-order valence-corrected chi connectivity index (χ2v) is 4.18. The number of allylic oxidation sites excluding steroid dienone is 2. The predicted molar refractivity (Wildman–Crippen MR) is 55.6 cm³/mol. The fourth-order valence-electron chi connectivity index (χ4n) is 1.86. The van der Waals surface area contributed by atoms with Crippen LogP contribution in [0.3, 0.4) is 0 Å². The summed E-state index contributed by atoms with van der Waals surface area (Å²) in [5.74, 6) is 0.597. The van der Waals surface area contributed by atoms with Crippen LogP contribution in [0.5, 0.6) is 0 Å². The minimum Gasteiger partial charge on any atom is -0.327 e. The van der Waals surface area contributed by atoms with Crippen molar-refractivity contribution < 1.29 is 4.79 Å². The van der Waals surface area contributed by atoms with Crippen LogP contribution in [-0.4, -0.2) is 18.5 Å². The first-order chi connectivity index (χ1) is 6.66. The first kappa shape index (κ1) is 9.46. The van der Waals surface area contributed by atoms with Gasteiger partial charge in [0.15, 0.2) is 0 Å². The minimum atomic E-state index is 0.0671. The summed E-state index contributed by atoms with van der Waals surface area (Å²) in [4.78, 5) is 11.2. The average Bonchev–Trinajstić information content (AvgIpc) is 2.16. The molecule has 0 bridgehead atoms. The van der Waals surface area contributed by atoms with Crippen LogP contribution in [0.2, 0.25) is 0 Å². The van der Waals surface area contributed by atoms with E-state index in [9.17, 15) is 4.79 Å². The van der Waals surface area contributed by atoms with Crippen LogP contribution >= 0.6 is 0 Å². The third kappa shape index (κ3) is 1.73. The van der Waals surface area contributed by atoms with E-state index in [2.05, 4.69) is 36.6 Å². The number of hydrogen-bond donors (Lipinski definition) is 2. The van der Waals surface area contributed by atoms with Gasteiger partial charge in [-0.15, -0.1) is 0 Å². The van der Waals surface area contributed by atoms with E-state index in [1.165, 1.54) is 5.57 Å². The zero-order chi connectivity index (χ0) is 10.1. The van der Waals surface area contributed by atoms with E-state index in [0.717, 1.165) is 12.1 Å². The van der Waals surface area contributed by atoms with Gasteiger partial charge < -0.3 is 5.32 Å². The topological polar surface area (TPSA) is 41.1 Å². The van der Waals surface area contributed by atoms with Gasteiger partial charge in [0.2, 0.25) is 5.91 Å². The molecule has 1 heterocycles. The van der Waals surface area contributed by atoms with Gasteiger partial charge >= 0.3 is 0 Å². The van der Waals surface area contributed by atoms with Crippen molar-refractivity contribution in [2.45, 2.75) is 26.3 Å². The summed E-state index contributed by atoms with van der Waals surface area (Å²) in [7, 11) is 0. The number of amides is 1. The molecule has 1 fully saturated rings. The summed E-state index contributed by atoms with van der Waals surface area (Å²) in [6.45, 7) is 4.77. The molecule has 1 amide bonds. The molecule has 2 aliphatic rings. The maximum absolute atomic E-state index is 11.2. The summed E-state index contributed by atoms with van der Waals surface area (Å²) in [6, 6.07) is 0.315. The number of rotatable bonds is 1. The van der Waals surface area contributed by atoms with Crippen molar-refractivity contribution in [3.8, 4) is 0 Å². The van der Waals surface area contributed by atoms with Crippen LogP contribution in [0.4, 0.5) is 0 Å². The molecule has 76 valence electrons. The van der Waals surface area contributed by atoms with Crippen molar-refractivity contribution in [1.29, 1.82) is 0 Å². The predicted octanol–water partition coefficient (Wildman–Crippen LogP) is 0.944. The molecular weight excluding hydrogens is 176 g/mol. The van der Waals surface area contributed by atoms with Gasteiger partial charge in [0.25, 0.3) is 0 Å². The largest absolute Gasteiger partial charge is 0.327 e. The standard InChI is InChI=1S/C11H16N2O/c1-7(2)8-3-4-9-10(5-8)13-11(14)6-12-9/h3,5,7,9,12H,4,6H2,1-2H3,(H,13,14). The fourth-order valence-corrected chi connectivity index (χ4v) is 1.86. The lowest BCUT2D eigenvalue weighted by Crippen LogP contribution is -2.50. The summed E-state index contributed by atoms with van der Waals surface area (Å²) in [6.07, 6.45) is 5.34. The second kappa shape index (κ2) is 3.58. The van der Waals surface area contributed by atoms with E-state index in [1.807, 2.05) is 0 Å². The van der Waals surface area contributed by atoms with E-state index in [1.54, 1.807) is 0 Å². The van der Waals surface area contributed by atoms with E-state index in [-0.39, 0.29) is 5.91 Å². The highest BCUT2D eigenvalue weighted by atomic mass is 16.2. The van der Waals surface area contributed by atoms with Gasteiger partial charge in [0.1, 0.15) is 0 Å². The molecule has 1 unspecified atom stereocenters. The number of fused-ring (bicyclic) bond motifs is 1. The number of hydrogen-bond acceptors (Lipinski definition) is 2. The minimum absolute atomic E-state index is 0.0671. The van der Waals surface area contributed by atoms with Crippen LogP contribution in [0.15, 0.2) is 23.4 Å². The van der Waals surface area contributed by atoms with Crippen molar-refractivity contribution in [2.75, 3.05) is 6.54 Å². The molecular formula is C11H16N2O. The van der Waals surface area contributed by atoms with Crippen molar-refractivity contribution in [1.82, 2.24) is 10.6 Å². The molecule has 2 rings (SSSR count). The Labute approximate surface area is 84.3 Å². The van der Waals surface area contributed by atoms with Crippen molar-refractivity contribution in [2.24, 2.45) is 5.92 Å². The first-order valence-electron chi connectivity index (χ1n) is 5.11. The Balaban J connectivity index is 2.18. The Morgan fingerprint density at radius 2 is 2.29 bits per heavy atom. The van der Waals surface area contributed by atoms with Crippen molar-refractivity contribution in [3.63, 3.8) is 0 Å². The molecule has 1 saturated heterocycles. The van der Waals surface area contributed by atoms with Crippen molar-refractivity contribution in [3.05, 3.63) is 23.4 Å². The van der Waals surface area contributed by atoms with Gasteiger partial charge in [-0.25, -0.2) is 0 Å². The van der Waals surface area contributed by atoms with Gasteiger partial charge in [-0.2, -0.15) is 0 Å². The van der Waals surface area contributed by atoms with E-state index in [4.69, 9.17) is 0 Å². The normalized spacial score (nSPS) is 26.5. The molecule has 14 heavy (non-hydrogen) atoms. The van der Waals surface area contributed by atoms with E-state index >= 15 is 0 Å². The van der Waals surface area contributed by atoms with Crippen LogP contribution in [-0.2, 0) is 4.79 Å². The Bertz CT molecular complexity index is 315. The van der Waals surface area contributed by atoms with Gasteiger partial charge in [0, 0.05) is 5.70 Å². The molecule has 3 nitrogen and oxygen atoms in total. The maximum atomic E-state index is 11.2. The van der Waals surface area contributed by atoms with Gasteiger partial charge in [-0.05, 0) is 24.0 Å². The molecule has 0 aromatic carbocycles. The lowest BCUT2D eigenvalue weighted by molar-refractivity contribution is -0.120. The molecule has 1 aliphatic carbocycles. The van der Waals surface area contributed by atoms with Crippen LogP contribution in [0, 0.1) is 5.92 Å². The zero-order valence-corrected chi connectivity index (χ0v) is 8.63. The van der Waals surface area contributed by atoms with Crippen molar-refractivity contribution >= 4 is 5.91 Å². The highest BCUT2D eigenvalue weighted by Crippen LogP contribution is 2.22. The molecule has 1 aliphatic heterocycles. The molecule has 1 atom stereocenters. The van der Waals surface area contributed by atoms with Crippen LogP contribution < -0.4 is 10.6 Å². The molecule has 0 saturated carbocycles. The van der Waals surface area contributed by atoms with E-state index < -0.39 is 0 Å². The Morgan fingerprint density at radius 3 is 3.00 bits per heavy atom. The summed E-state index contributed by atoms with van der Waals surface area (Å²) >= 11 is 0. The molecule has 0 aromatic rings. The number of carbonyl (C=O) groups is 1. The summed E-state index contributed by atoms with van der Waals surface area (Å²) in [5.41, 5.74) is 2.35. The monoisotopic (exact) mass is 192 g/mol. The Kier molecular flexibility index (Phi) is 2.42.